The van der Waals surface area contributed by atoms with Crippen LogP contribution >= 0.6 is 0 Å². The van der Waals surface area contributed by atoms with Crippen molar-refractivity contribution in [1.82, 2.24) is 4.98 Å². The van der Waals surface area contributed by atoms with Gasteiger partial charge < -0.3 is 9.64 Å². The number of aromatic nitrogens is 1. The standard InChI is InChI=1S/C12H15N3O/c1-16-9-10-4-6-15(8-10)12-11(7-13)3-2-5-14-12/h2-3,5,10H,4,6,8-9H2,1H3. The third kappa shape index (κ3) is 2.15. The molecule has 0 bridgehead atoms. The average Bonchev–Trinajstić information content (AvgIpc) is 2.78. The molecule has 2 heterocycles. The van der Waals surface area contributed by atoms with Crippen molar-refractivity contribution in [2.24, 2.45) is 5.92 Å². The van der Waals surface area contributed by atoms with Gasteiger partial charge in [-0.2, -0.15) is 5.26 Å². The van der Waals surface area contributed by atoms with Gasteiger partial charge in [0.25, 0.3) is 0 Å². The number of hydrogen-bond donors (Lipinski definition) is 0. The van der Waals surface area contributed by atoms with Crippen LogP contribution in [0.3, 0.4) is 0 Å². The molecule has 1 unspecified atom stereocenters. The van der Waals surface area contributed by atoms with Crippen LogP contribution in [0.2, 0.25) is 0 Å². The smallest absolute Gasteiger partial charge is 0.146 e. The number of nitriles is 1. The number of pyridine rings is 1. The lowest BCUT2D eigenvalue weighted by atomic mass is 10.1. The summed E-state index contributed by atoms with van der Waals surface area (Å²) in [5, 5.41) is 9.01. The maximum absolute atomic E-state index is 9.01. The highest BCUT2D eigenvalue weighted by molar-refractivity contribution is 5.54. The van der Waals surface area contributed by atoms with Gasteiger partial charge in [-0.05, 0) is 18.6 Å². The highest BCUT2D eigenvalue weighted by atomic mass is 16.5. The SMILES string of the molecule is COCC1CCN(c2ncccc2C#N)C1. The van der Waals surface area contributed by atoms with Gasteiger partial charge in [0, 0.05) is 32.3 Å². The predicted octanol–water partition coefficient (Wildman–Crippen LogP) is 1.43. The number of nitrogens with zero attached hydrogens (tertiary/aromatic N) is 3. The molecule has 1 aromatic heterocycles. The van der Waals surface area contributed by atoms with Crippen molar-refractivity contribution >= 4 is 5.82 Å². The lowest BCUT2D eigenvalue weighted by Gasteiger charge is -2.18. The van der Waals surface area contributed by atoms with Crippen LogP contribution in [0.1, 0.15) is 12.0 Å². The van der Waals surface area contributed by atoms with Crippen molar-refractivity contribution in [2.45, 2.75) is 6.42 Å². The molecule has 4 nitrogen and oxygen atoms in total. The van der Waals surface area contributed by atoms with Gasteiger partial charge in [-0.25, -0.2) is 4.98 Å². The number of ether oxygens (including phenoxy) is 1. The average molecular weight is 217 g/mol. The van der Waals surface area contributed by atoms with E-state index in [4.69, 9.17) is 10.00 Å². The van der Waals surface area contributed by atoms with E-state index < -0.39 is 0 Å². The van der Waals surface area contributed by atoms with E-state index in [0.717, 1.165) is 31.9 Å². The molecule has 1 atom stereocenters. The molecule has 0 aromatic carbocycles. The van der Waals surface area contributed by atoms with Crippen molar-refractivity contribution < 1.29 is 4.74 Å². The second-order valence-electron chi connectivity index (χ2n) is 4.04. The monoisotopic (exact) mass is 217 g/mol. The van der Waals surface area contributed by atoms with E-state index >= 15 is 0 Å². The molecule has 0 N–H and O–H groups in total. The van der Waals surface area contributed by atoms with E-state index in [0.29, 0.717) is 11.5 Å². The summed E-state index contributed by atoms with van der Waals surface area (Å²) in [6, 6.07) is 5.79. The van der Waals surface area contributed by atoms with Gasteiger partial charge in [0.2, 0.25) is 0 Å². The molecule has 0 aliphatic carbocycles. The first-order valence-corrected chi connectivity index (χ1v) is 5.44. The molecule has 1 aromatic rings. The molecule has 1 fully saturated rings. The van der Waals surface area contributed by atoms with Gasteiger partial charge in [0.05, 0.1) is 12.2 Å². The van der Waals surface area contributed by atoms with Gasteiger partial charge in [-0.1, -0.05) is 0 Å². The predicted molar refractivity (Wildman–Crippen MR) is 61.1 cm³/mol. The topological polar surface area (TPSA) is 49.1 Å². The van der Waals surface area contributed by atoms with Gasteiger partial charge in [0.1, 0.15) is 11.9 Å². The van der Waals surface area contributed by atoms with Crippen molar-refractivity contribution in [1.29, 1.82) is 5.26 Å². The fraction of sp³-hybridized carbons (Fsp3) is 0.500. The Morgan fingerprint density at radius 1 is 1.69 bits per heavy atom. The van der Waals surface area contributed by atoms with Crippen LogP contribution in [0.4, 0.5) is 5.82 Å². The summed E-state index contributed by atoms with van der Waals surface area (Å²) in [5.41, 5.74) is 0.653. The zero-order valence-electron chi connectivity index (χ0n) is 9.39. The molecule has 4 heteroatoms. The summed E-state index contributed by atoms with van der Waals surface area (Å²) in [6.07, 6.45) is 2.84. The van der Waals surface area contributed by atoms with Crippen LogP contribution in [0.25, 0.3) is 0 Å². The van der Waals surface area contributed by atoms with E-state index in [1.165, 1.54) is 0 Å². The van der Waals surface area contributed by atoms with E-state index in [1.807, 2.05) is 6.07 Å². The minimum absolute atomic E-state index is 0.554. The zero-order chi connectivity index (χ0) is 11.4. The summed E-state index contributed by atoms with van der Waals surface area (Å²) in [4.78, 5) is 6.46. The second-order valence-corrected chi connectivity index (χ2v) is 4.04. The van der Waals surface area contributed by atoms with Crippen LogP contribution in [0, 0.1) is 17.2 Å². The Balaban J connectivity index is 2.12. The lowest BCUT2D eigenvalue weighted by molar-refractivity contribution is 0.161. The Morgan fingerprint density at radius 3 is 3.31 bits per heavy atom. The maximum Gasteiger partial charge on any atom is 0.146 e. The molecule has 84 valence electrons. The minimum Gasteiger partial charge on any atom is -0.384 e. The molecule has 1 saturated heterocycles. The van der Waals surface area contributed by atoms with Crippen molar-refractivity contribution in [2.75, 3.05) is 31.7 Å². The quantitative estimate of drug-likeness (QED) is 0.768. The maximum atomic E-state index is 9.01. The van der Waals surface area contributed by atoms with Crippen LogP contribution in [-0.2, 0) is 4.74 Å². The molecule has 0 spiro atoms. The summed E-state index contributed by atoms with van der Waals surface area (Å²) < 4.78 is 5.15. The van der Waals surface area contributed by atoms with Crippen LogP contribution in [0.5, 0.6) is 0 Å². The van der Waals surface area contributed by atoms with Gasteiger partial charge in [-0.15, -0.1) is 0 Å². The molecule has 0 amide bonds. The number of anilines is 1. The minimum atomic E-state index is 0.554. The highest BCUT2D eigenvalue weighted by Gasteiger charge is 2.24. The number of rotatable bonds is 3. The Bertz CT molecular complexity index is 399. The summed E-state index contributed by atoms with van der Waals surface area (Å²) in [6.45, 7) is 2.67. The summed E-state index contributed by atoms with van der Waals surface area (Å²) in [5.74, 6) is 1.36. The Morgan fingerprint density at radius 2 is 2.56 bits per heavy atom. The fourth-order valence-electron chi connectivity index (χ4n) is 2.13. The zero-order valence-corrected chi connectivity index (χ0v) is 9.39. The summed E-state index contributed by atoms with van der Waals surface area (Å²) in [7, 11) is 1.73. The molecule has 16 heavy (non-hydrogen) atoms. The molecule has 1 aliphatic rings. The molecule has 0 radical (unpaired) electrons. The molecule has 0 saturated carbocycles. The van der Waals surface area contributed by atoms with Gasteiger partial charge in [-0.3, -0.25) is 0 Å². The van der Waals surface area contributed by atoms with E-state index in [2.05, 4.69) is 16.0 Å². The third-order valence-electron chi connectivity index (χ3n) is 2.89. The van der Waals surface area contributed by atoms with Crippen molar-refractivity contribution in [3.05, 3.63) is 23.9 Å². The van der Waals surface area contributed by atoms with Crippen molar-refractivity contribution in [3.63, 3.8) is 0 Å². The van der Waals surface area contributed by atoms with E-state index in [9.17, 15) is 0 Å². The fourth-order valence-corrected chi connectivity index (χ4v) is 2.13. The normalized spacial score (nSPS) is 19.8. The largest absolute Gasteiger partial charge is 0.384 e. The number of methoxy groups -OCH3 is 1. The first kappa shape index (κ1) is 10.9. The number of hydrogen-bond acceptors (Lipinski definition) is 4. The molecular formula is C12H15N3O. The molecule has 2 rings (SSSR count). The van der Waals surface area contributed by atoms with Crippen LogP contribution < -0.4 is 4.90 Å². The lowest BCUT2D eigenvalue weighted by Crippen LogP contribution is -2.22. The summed E-state index contributed by atoms with van der Waals surface area (Å²) >= 11 is 0. The third-order valence-corrected chi connectivity index (χ3v) is 2.89. The van der Waals surface area contributed by atoms with E-state index in [1.54, 1.807) is 19.4 Å². The second kappa shape index (κ2) is 4.95. The van der Waals surface area contributed by atoms with Gasteiger partial charge in [0.15, 0.2) is 0 Å². The van der Waals surface area contributed by atoms with Crippen LogP contribution in [0.15, 0.2) is 18.3 Å². The van der Waals surface area contributed by atoms with Crippen molar-refractivity contribution in [3.8, 4) is 6.07 Å². The Kier molecular flexibility index (Phi) is 3.37. The van der Waals surface area contributed by atoms with E-state index in [-0.39, 0.29) is 0 Å². The van der Waals surface area contributed by atoms with Gasteiger partial charge >= 0.3 is 0 Å². The highest BCUT2D eigenvalue weighted by Crippen LogP contribution is 2.24. The first-order valence-electron chi connectivity index (χ1n) is 5.44. The molecular weight excluding hydrogens is 202 g/mol. The Hall–Kier alpha value is -1.60. The van der Waals surface area contributed by atoms with Crippen LogP contribution in [-0.4, -0.2) is 31.8 Å². The Labute approximate surface area is 95.5 Å². The molecule has 1 aliphatic heterocycles. The first-order chi connectivity index (χ1) is 7.85.